The lowest BCUT2D eigenvalue weighted by Gasteiger charge is -2.28. The van der Waals surface area contributed by atoms with E-state index in [9.17, 15) is 4.39 Å². The third-order valence-electron chi connectivity index (χ3n) is 3.37. The van der Waals surface area contributed by atoms with E-state index in [1.807, 2.05) is 6.07 Å². The number of nitrogens with zero attached hydrogens (tertiary/aromatic N) is 1. The highest BCUT2D eigenvalue weighted by atomic mass is 35.5. The molecule has 1 aliphatic rings. The fraction of sp³-hybridized carbons (Fsp3) is 0.571. The fourth-order valence-corrected chi connectivity index (χ4v) is 2.81. The molecule has 1 unspecified atom stereocenters. The van der Waals surface area contributed by atoms with Crippen molar-refractivity contribution in [2.75, 3.05) is 19.6 Å². The monoisotopic (exact) mass is 270 g/mol. The van der Waals surface area contributed by atoms with Gasteiger partial charge in [0.15, 0.2) is 0 Å². The molecule has 1 aromatic rings. The molecule has 0 aromatic heterocycles. The minimum Gasteiger partial charge on any atom is -0.315 e. The molecule has 2 nitrogen and oxygen atoms in total. The third kappa shape index (κ3) is 3.67. The number of hydrogen-bond acceptors (Lipinski definition) is 2. The van der Waals surface area contributed by atoms with E-state index in [-0.39, 0.29) is 5.82 Å². The Morgan fingerprint density at radius 2 is 2.28 bits per heavy atom. The summed E-state index contributed by atoms with van der Waals surface area (Å²) in [6.07, 6.45) is 2.28. The summed E-state index contributed by atoms with van der Waals surface area (Å²) in [7, 11) is 0. The molecule has 0 aliphatic carbocycles. The average Bonchev–Trinajstić information content (AvgIpc) is 2.80. The highest BCUT2D eigenvalue weighted by Crippen LogP contribution is 2.18. The zero-order chi connectivity index (χ0) is 13.0. The van der Waals surface area contributed by atoms with E-state index in [1.54, 1.807) is 6.07 Å². The van der Waals surface area contributed by atoms with Crippen LogP contribution in [0.2, 0.25) is 5.02 Å². The van der Waals surface area contributed by atoms with Crippen LogP contribution in [-0.2, 0) is 6.54 Å². The van der Waals surface area contributed by atoms with Gasteiger partial charge in [-0.3, -0.25) is 4.90 Å². The quantitative estimate of drug-likeness (QED) is 0.885. The summed E-state index contributed by atoms with van der Waals surface area (Å²) in [6.45, 7) is 6.10. The number of halogens is 2. The number of hydrogen-bond donors (Lipinski definition) is 1. The Balaban J connectivity index is 2.07. The Hall–Kier alpha value is -0.640. The Labute approximate surface area is 113 Å². The van der Waals surface area contributed by atoms with E-state index in [0.29, 0.717) is 11.1 Å². The van der Waals surface area contributed by atoms with Crippen LogP contribution in [0.5, 0.6) is 0 Å². The summed E-state index contributed by atoms with van der Waals surface area (Å²) >= 11 is 5.90. The largest absolute Gasteiger partial charge is 0.315 e. The van der Waals surface area contributed by atoms with Crippen LogP contribution >= 0.6 is 11.6 Å². The van der Waals surface area contributed by atoms with Crippen molar-refractivity contribution in [1.82, 2.24) is 10.2 Å². The SMILES string of the molecule is CCCN(Cc1cc(F)cc(Cl)c1)C1CCNC1. The van der Waals surface area contributed by atoms with Gasteiger partial charge in [0.05, 0.1) is 0 Å². The lowest BCUT2D eigenvalue weighted by atomic mass is 10.1. The van der Waals surface area contributed by atoms with Crippen molar-refractivity contribution >= 4 is 11.6 Å². The molecule has 0 spiro atoms. The molecule has 1 N–H and O–H groups in total. The maximum atomic E-state index is 13.3. The Morgan fingerprint density at radius 3 is 2.89 bits per heavy atom. The predicted octanol–water partition coefficient (Wildman–Crippen LogP) is 3.05. The van der Waals surface area contributed by atoms with Gasteiger partial charge in [-0.2, -0.15) is 0 Å². The van der Waals surface area contributed by atoms with E-state index in [2.05, 4.69) is 17.1 Å². The lowest BCUT2D eigenvalue weighted by Crippen LogP contribution is -2.36. The van der Waals surface area contributed by atoms with E-state index >= 15 is 0 Å². The molecule has 4 heteroatoms. The standard InChI is InChI=1S/C14H20ClFN2/c1-2-5-18(14-3-4-17-9-14)10-11-6-12(15)8-13(16)7-11/h6-8,14,17H,2-5,9-10H2,1H3. The van der Waals surface area contributed by atoms with E-state index in [0.717, 1.165) is 38.2 Å². The van der Waals surface area contributed by atoms with Gasteiger partial charge in [0.1, 0.15) is 5.82 Å². The van der Waals surface area contributed by atoms with Crippen molar-refractivity contribution in [1.29, 1.82) is 0 Å². The van der Waals surface area contributed by atoms with Gasteiger partial charge in [-0.05, 0) is 49.7 Å². The topological polar surface area (TPSA) is 15.3 Å². The van der Waals surface area contributed by atoms with Crippen LogP contribution in [0.15, 0.2) is 18.2 Å². The Kier molecular flexibility index (Phi) is 4.98. The third-order valence-corrected chi connectivity index (χ3v) is 3.59. The lowest BCUT2D eigenvalue weighted by molar-refractivity contribution is 0.199. The van der Waals surface area contributed by atoms with E-state index in [1.165, 1.54) is 12.5 Å². The maximum Gasteiger partial charge on any atom is 0.125 e. The second-order valence-electron chi connectivity index (χ2n) is 4.89. The summed E-state index contributed by atoms with van der Waals surface area (Å²) < 4.78 is 13.3. The zero-order valence-corrected chi connectivity index (χ0v) is 11.5. The first-order valence-electron chi connectivity index (χ1n) is 6.58. The molecule has 2 rings (SSSR count). The van der Waals surface area contributed by atoms with Crippen LogP contribution in [0, 0.1) is 5.82 Å². The van der Waals surface area contributed by atoms with Crippen molar-refractivity contribution < 1.29 is 4.39 Å². The molecule has 1 aliphatic heterocycles. The van der Waals surface area contributed by atoms with Gasteiger partial charge in [0.2, 0.25) is 0 Å². The summed E-state index contributed by atoms with van der Waals surface area (Å²) in [5.41, 5.74) is 0.959. The number of benzene rings is 1. The van der Waals surface area contributed by atoms with Gasteiger partial charge in [0.25, 0.3) is 0 Å². The van der Waals surface area contributed by atoms with Crippen LogP contribution < -0.4 is 5.32 Å². The van der Waals surface area contributed by atoms with Crippen LogP contribution in [0.25, 0.3) is 0 Å². The highest BCUT2D eigenvalue weighted by molar-refractivity contribution is 6.30. The first kappa shape index (κ1) is 13.8. The van der Waals surface area contributed by atoms with Crippen LogP contribution in [0.3, 0.4) is 0 Å². The van der Waals surface area contributed by atoms with Gasteiger partial charge in [0, 0.05) is 24.2 Å². The molecule has 1 aromatic carbocycles. The molecule has 0 saturated carbocycles. The molecule has 18 heavy (non-hydrogen) atoms. The molecule has 0 radical (unpaired) electrons. The predicted molar refractivity (Wildman–Crippen MR) is 73.4 cm³/mol. The second-order valence-corrected chi connectivity index (χ2v) is 5.33. The van der Waals surface area contributed by atoms with Crippen molar-refractivity contribution in [3.8, 4) is 0 Å². The number of nitrogens with one attached hydrogen (secondary N) is 1. The zero-order valence-electron chi connectivity index (χ0n) is 10.8. The first-order valence-corrected chi connectivity index (χ1v) is 6.96. The summed E-state index contributed by atoms with van der Waals surface area (Å²) in [5.74, 6) is -0.251. The van der Waals surface area contributed by atoms with E-state index in [4.69, 9.17) is 11.6 Å². The normalized spacial score (nSPS) is 19.7. The van der Waals surface area contributed by atoms with Gasteiger partial charge in [-0.1, -0.05) is 18.5 Å². The van der Waals surface area contributed by atoms with Crippen molar-refractivity contribution in [2.45, 2.75) is 32.4 Å². The molecule has 1 saturated heterocycles. The second kappa shape index (κ2) is 6.50. The van der Waals surface area contributed by atoms with Crippen LogP contribution in [0.4, 0.5) is 4.39 Å². The molecule has 1 fully saturated rings. The Morgan fingerprint density at radius 1 is 1.44 bits per heavy atom. The molecule has 0 bridgehead atoms. The van der Waals surface area contributed by atoms with Gasteiger partial charge in [-0.25, -0.2) is 4.39 Å². The molecular weight excluding hydrogens is 251 g/mol. The highest BCUT2D eigenvalue weighted by Gasteiger charge is 2.21. The minimum atomic E-state index is -0.251. The number of rotatable bonds is 5. The molecule has 100 valence electrons. The van der Waals surface area contributed by atoms with Gasteiger partial charge >= 0.3 is 0 Å². The maximum absolute atomic E-state index is 13.3. The smallest absolute Gasteiger partial charge is 0.125 e. The van der Waals surface area contributed by atoms with Crippen molar-refractivity contribution in [3.05, 3.63) is 34.6 Å². The molecule has 1 atom stereocenters. The van der Waals surface area contributed by atoms with Crippen LogP contribution in [-0.4, -0.2) is 30.6 Å². The van der Waals surface area contributed by atoms with Crippen LogP contribution in [0.1, 0.15) is 25.3 Å². The fourth-order valence-electron chi connectivity index (χ4n) is 2.57. The molecule has 1 heterocycles. The summed E-state index contributed by atoms with van der Waals surface area (Å²) in [5, 5.41) is 3.86. The molecular formula is C14H20ClFN2. The van der Waals surface area contributed by atoms with Gasteiger partial charge in [-0.15, -0.1) is 0 Å². The first-order chi connectivity index (χ1) is 8.69. The van der Waals surface area contributed by atoms with Crippen molar-refractivity contribution in [3.63, 3.8) is 0 Å². The summed E-state index contributed by atoms with van der Waals surface area (Å²) in [6, 6.07) is 5.35. The average molecular weight is 271 g/mol. The van der Waals surface area contributed by atoms with Gasteiger partial charge < -0.3 is 5.32 Å². The Bertz CT molecular complexity index is 371. The van der Waals surface area contributed by atoms with E-state index < -0.39 is 0 Å². The van der Waals surface area contributed by atoms with Crippen molar-refractivity contribution in [2.24, 2.45) is 0 Å². The minimum absolute atomic E-state index is 0.251. The molecule has 0 amide bonds. The summed E-state index contributed by atoms with van der Waals surface area (Å²) in [4.78, 5) is 2.42.